The average molecular weight is 375 g/mol. The van der Waals surface area contributed by atoms with E-state index >= 15 is 0 Å². The van der Waals surface area contributed by atoms with Crippen molar-refractivity contribution in [3.63, 3.8) is 0 Å². The number of amides is 1. The summed E-state index contributed by atoms with van der Waals surface area (Å²) in [6.07, 6.45) is -0.343. The standard InChI is InChI=1S/C25H18BNO2/c1-15-7-5-8-16(2)23(15)26-18-10-3-4-11-20(18)27-24-19(26)14-13-17-9-6-12-21(22(17)24)29-25(27)28/h3-14H,1-2H3. The van der Waals surface area contributed by atoms with Gasteiger partial charge < -0.3 is 4.74 Å². The molecule has 29 heavy (non-hydrogen) atoms. The Morgan fingerprint density at radius 3 is 2.38 bits per heavy atom. The largest absolute Gasteiger partial charge is 0.424 e. The molecular weight excluding hydrogens is 357 g/mol. The number of hydrogen-bond donors (Lipinski definition) is 0. The van der Waals surface area contributed by atoms with Crippen LogP contribution in [0, 0.1) is 13.8 Å². The Kier molecular flexibility index (Phi) is 3.25. The second-order valence-corrected chi connectivity index (χ2v) is 7.86. The lowest BCUT2D eigenvalue weighted by atomic mass is 9.33. The van der Waals surface area contributed by atoms with E-state index in [9.17, 15) is 4.79 Å². The van der Waals surface area contributed by atoms with Gasteiger partial charge in [0, 0.05) is 11.1 Å². The maximum atomic E-state index is 13.1. The highest BCUT2D eigenvalue weighted by Crippen LogP contribution is 2.42. The number of nitrogens with zero attached hydrogens (tertiary/aromatic N) is 1. The highest BCUT2D eigenvalue weighted by molar-refractivity contribution is 6.98. The summed E-state index contributed by atoms with van der Waals surface area (Å²) in [5, 5.41) is 2.09. The van der Waals surface area contributed by atoms with Crippen molar-refractivity contribution >= 4 is 51.3 Å². The molecule has 2 aliphatic rings. The lowest BCUT2D eigenvalue weighted by Gasteiger charge is -2.38. The summed E-state index contributed by atoms with van der Waals surface area (Å²) in [6, 6.07) is 24.8. The lowest BCUT2D eigenvalue weighted by Crippen LogP contribution is -2.60. The molecule has 0 aromatic heterocycles. The Morgan fingerprint density at radius 2 is 1.55 bits per heavy atom. The van der Waals surface area contributed by atoms with Crippen molar-refractivity contribution in [3.05, 3.63) is 83.9 Å². The Labute approximate surface area is 169 Å². The molecule has 0 bridgehead atoms. The monoisotopic (exact) mass is 375 g/mol. The van der Waals surface area contributed by atoms with Gasteiger partial charge in [0.2, 0.25) is 6.71 Å². The van der Waals surface area contributed by atoms with Crippen LogP contribution in [-0.4, -0.2) is 12.8 Å². The van der Waals surface area contributed by atoms with Crippen molar-refractivity contribution in [1.82, 2.24) is 0 Å². The first-order valence-corrected chi connectivity index (χ1v) is 9.88. The molecule has 0 atom stereocenters. The molecule has 0 unspecified atom stereocenters. The smallest absolute Gasteiger partial charge is 0.409 e. The van der Waals surface area contributed by atoms with Crippen molar-refractivity contribution in [2.24, 2.45) is 0 Å². The minimum absolute atomic E-state index is 0.0713. The van der Waals surface area contributed by atoms with Gasteiger partial charge in [-0.15, -0.1) is 0 Å². The van der Waals surface area contributed by atoms with E-state index < -0.39 is 0 Å². The van der Waals surface area contributed by atoms with Crippen LogP contribution < -0.4 is 26.0 Å². The molecule has 4 heteroatoms. The molecule has 4 aromatic rings. The number of ether oxygens (including phenoxy) is 1. The van der Waals surface area contributed by atoms with E-state index in [0.29, 0.717) is 5.75 Å². The van der Waals surface area contributed by atoms with E-state index in [4.69, 9.17) is 4.74 Å². The maximum absolute atomic E-state index is 13.1. The summed E-state index contributed by atoms with van der Waals surface area (Å²) < 4.78 is 5.73. The summed E-state index contributed by atoms with van der Waals surface area (Å²) in [7, 11) is 0. The summed E-state index contributed by atoms with van der Waals surface area (Å²) >= 11 is 0. The molecule has 1 amide bonds. The first-order valence-electron chi connectivity index (χ1n) is 9.88. The third kappa shape index (κ3) is 2.11. The van der Waals surface area contributed by atoms with Crippen LogP contribution in [0.2, 0.25) is 0 Å². The van der Waals surface area contributed by atoms with Crippen molar-refractivity contribution in [1.29, 1.82) is 0 Å². The Bertz CT molecular complexity index is 1320. The molecule has 2 aliphatic heterocycles. The van der Waals surface area contributed by atoms with E-state index in [1.54, 1.807) is 4.90 Å². The average Bonchev–Trinajstić information content (AvgIpc) is 2.72. The molecule has 0 aliphatic carbocycles. The number of fused-ring (bicyclic) bond motifs is 2. The van der Waals surface area contributed by atoms with Crippen molar-refractivity contribution < 1.29 is 9.53 Å². The zero-order valence-corrected chi connectivity index (χ0v) is 16.3. The molecule has 6 rings (SSSR count). The molecule has 2 heterocycles. The van der Waals surface area contributed by atoms with Crippen LogP contribution in [0.4, 0.5) is 16.2 Å². The van der Waals surface area contributed by atoms with Gasteiger partial charge in [0.25, 0.3) is 0 Å². The Morgan fingerprint density at radius 1 is 0.793 bits per heavy atom. The minimum atomic E-state index is -0.343. The van der Waals surface area contributed by atoms with Gasteiger partial charge in [-0.2, -0.15) is 0 Å². The van der Waals surface area contributed by atoms with Gasteiger partial charge in [-0.05, 0) is 42.3 Å². The van der Waals surface area contributed by atoms with Crippen LogP contribution in [-0.2, 0) is 0 Å². The number of hydrogen-bond acceptors (Lipinski definition) is 2. The van der Waals surface area contributed by atoms with E-state index in [-0.39, 0.29) is 12.8 Å². The first kappa shape index (κ1) is 16.4. The van der Waals surface area contributed by atoms with Gasteiger partial charge in [-0.25, -0.2) is 9.69 Å². The first-order chi connectivity index (χ1) is 14.1. The molecule has 0 N–H and O–H groups in total. The number of carbonyl (C=O) groups excluding carboxylic acids is 1. The summed E-state index contributed by atoms with van der Waals surface area (Å²) in [5.74, 6) is 0.639. The van der Waals surface area contributed by atoms with Crippen LogP contribution in [0.5, 0.6) is 5.75 Å². The highest BCUT2D eigenvalue weighted by atomic mass is 16.6. The topological polar surface area (TPSA) is 29.5 Å². The Hall–Kier alpha value is -3.53. The maximum Gasteiger partial charge on any atom is 0.424 e. The van der Waals surface area contributed by atoms with E-state index in [1.165, 1.54) is 16.6 Å². The van der Waals surface area contributed by atoms with Gasteiger partial charge in [0.15, 0.2) is 0 Å². The molecular formula is C25H18BNO2. The number of rotatable bonds is 1. The third-order valence-electron chi connectivity index (χ3n) is 6.25. The number of aryl methyl sites for hydroxylation is 2. The van der Waals surface area contributed by atoms with Crippen molar-refractivity contribution in [2.45, 2.75) is 13.8 Å². The lowest BCUT2D eigenvalue weighted by molar-refractivity contribution is 0.210. The number of carbonyl (C=O) groups is 1. The second kappa shape index (κ2) is 5.74. The number of benzene rings is 4. The zero-order valence-electron chi connectivity index (χ0n) is 16.3. The Balaban J connectivity index is 1.79. The van der Waals surface area contributed by atoms with Crippen molar-refractivity contribution in [3.8, 4) is 5.75 Å². The molecule has 0 fully saturated rings. The van der Waals surface area contributed by atoms with E-state index in [0.717, 1.165) is 33.1 Å². The fraction of sp³-hybridized carbons (Fsp3) is 0.0800. The number of para-hydroxylation sites is 1. The van der Waals surface area contributed by atoms with Crippen LogP contribution in [0.15, 0.2) is 72.8 Å². The molecule has 0 spiro atoms. The van der Waals surface area contributed by atoms with Gasteiger partial charge in [0.05, 0.1) is 5.69 Å². The van der Waals surface area contributed by atoms with Gasteiger partial charge in [-0.3, -0.25) is 0 Å². The molecule has 0 saturated heterocycles. The third-order valence-corrected chi connectivity index (χ3v) is 6.25. The SMILES string of the molecule is Cc1cccc(C)c1B1c2ccccc2N2C(=O)Oc3cccc4ccc1c2c34. The molecule has 138 valence electrons. The van der Waals surface area contributed by atoms with E-state index in [2.05, 4.69) is 56.3 Å². The minimum Gasteiger partial charge on any atom is -0.409 e. The molecule has 0 saturated carbocycles. The van der Waals surface area contributed by atoms with Crippen molar-refractivity contribution in [2.75, 3.05) is 4.90 Å². The van der Waals surface area contributed by atoms with Crippen LogP contribution in [0.1, 0.15) is 11.1 Å². The molecule has 0 radical (unpaired) electrons. The normalized spacial score (nSPS) is 14.1. The fourth-order valence-corrected chi connectivity index (χ4v) is 5.05. The summed E-state index contributed by atoms with van der Waals surface area (Å²) in [4.78, 5) is 14.8. The van der Waals surface area contributed by atoms with Crippen LogP contribution in [0.25, 0.3) is 10.8 Å². The fourth-order valence-electron chi connectivity index (χ4n) is 5.05. The summed E-state index contributed by atoms with van der Waals surface area (Å²) in [6.45, 7) is 4.41. The quantitative estimate of drug-likeness (QED) is 0.472. The van der Waals surface area contributed by atoms with Gasteiger partial charge >= 0.3 is 6.09 Å². The predicted molar refractivity (Wildman–Crippen MR) is 119 cm³/mol. The molecule has 4 aromatic carbocycles. The van der Waals surface area contributed by atoms with Gasteiger partial charge in [-0.1, -0.05) is 77.3 Å². The summed E-state index contributed by atoms with van der Waals surface area (Å²) in [5.41, 5.74) is 7.98. The zero-order chi connectivity index (χ0) is 19.7. The van der Waals surface area contributed by atoms with Crippen LogP contribution in [0.3, 0.4) is 0 Å². The predicted octanol–water partition coefficient (Wildman–Crippen LogP) is 3.94. The van der Waals surface area contributed by atoms with Crippen LogP contribution >= 0.6 is 0 Å². The second-order valence-electron chi connectivity index (χ2n) is 7.86. The molecule has 3 nitrogen and oxygen atoms in total. The van der Waals surface area contributed by atoms with Gasteiger partial charge in [0.1, 0.15) is 5.75 Å². The van der Waals surface area contributed by atoms with E-state index in [1.807, 2.05) is 30.3 Å². The highest BCUT2D eigenvalue weighted by Gasteiger charge is 2.42. The number of anilines is 2.